The highest BCUT2D eigenvalue weighted by molar-refractivity contribution is 5.78. The number of hydrogen-bond donors (Lipinski definition) is 1. The number of urea groups is 1. The Balaban J connectivity index is 1.26. The Hall–Kier alpha value is -3.70. The zero-order valence-corrected chi connectivity index (χ0v) is 18.5. The van der Waals surface area contributed by atoms with Gasteiger partial charge in [0, 0.05) is 68.5 Å². The second-order valence-corrected chi connectivity index (χ2v) is 8.81. The van der Waals surface area contributed by atoms with Gasteiger partial charge in [-0.3, -0.25) is 5.10 Å². The van der Waals surface area contributed by atoms with Crippen LogP contribution in [-0.2, 0) is 0 Å². The number of halogens is 3. The number of carbonyl (C=O) groups excluding carboxylic acids is 1. The molecule has 34 heavy (non-hydrogen) atoms. The molecule has 9 nitrogen and oxygen atoms in total. The number of H-pyrrole nitrogens is 1. The van der Waals surface area contributed by atoms with Crippen LogP contribution < -0.4 is 4.90 Å². The molecule has 1 aliphatic carbocycles. The molecular formula is C22H23F3N8O. The summed E-state index contributed by atoms with van der Waals surface area (Å²) in [5, 5.41) is 12.0. The summed E-state index contributed by atoms with van der Waals surface area (Å²) >= 11 is 0. The molecule has 0 saturated carbocycles. The van der Waals surface area contributed by atoms with E-state index in [1.54, 1.807) is 24.2 Å². The average molecular weight is 472 g/mol. The minimum absolute atomic E-state index is 0.00685. The van der Waals surface area contributed by atoms with Gasteiger partial charge < -0.3 is 9.80 Å². The van der Waals surface area contributed by atoms with Gasteiger partial charge in [0.25, 0.3) is 0 Å². The molecule has 0 radical (unpaired) electrons. The molecule has 4 heterocycles. The predicted molar refractivity (Wildman–Crippen MR) is 119 cm³/mol. The van der Waals surface area contributed by atoms with E-state index in [1.807, 2.05) is 4.90 Å². The van der Waals surface area contributed by atoms with Crippen molar-refractivity contribution in [3.05, 3.63) is 48.2 Å². The number of piperazine rings is 1. The summed E-state index contributed by atoms with van der Waals surface area (Å²) in [5.41, 5.74) is -0.239. The highest BCUT2D eigenvalue weighted by Gasteiger charge is 2.44. The number of hydrazone groups is 1. The maximum absolute atomic E-state index is 14.2. The highest BCUT2D eigenvalue weighted by atomic mass is 19.1. The largest absolute Gasteiger partial charge is 0.340 e. The van der Waals surface area contributed by atoms with Crippen LogP contribution in [0.5, 0.6) is 0 Å². The van der Waals surface area contributed by atoms with Crippen LogP contribution in [0.4, 0.5) is 23.9 Å². The minimum atomic E-state index is -0.900. The fourth-order valence-corrected chi connectivity index (χ4v) is 4.67. The van der Waals surface area contributed by atoms with Crippen molar-refractivity contribution in [1.29, 1.82) is 0 Å². The molecule has 3 aliphatic rings. The highest BCUT2D eigenvalue weighted by Crippen LogP contribution is 2.42. The van der Waals surface area contributed by atoms with Gasteiger partial charge in [0.05, 0.1) is 18.4 Å². The maximum atomic E-state index is 14.2. The lowest BCUT2D eigenvalue weighted by Gasteiger charge is -2.41. The Bertz CT molecular complexity index is 1170. The number of aromatic nitrogens is 4. The lowest BCUT2D eigenvalue weighted by molar-refractivity contribution is 0.103. The molecule has 2 amide bonds. The number of amides is 2. The van der Waals surface area contributed by atoms with E-state index in [2.05, 4.69) is 25.3 Å². The molecule has 2 aromatic rings. The topological polar surface area (TPSA) is 93.6 Å². The van der Waals surface area contributed by atoms with Crippen molar-refractivity contribution in [2.75, 3.05) is 31.1 Å². The molecule has 0 aromatic carbocycles. The van der Waals surface area contributed by atoms with E-state index in [0.29, 0.717) is 44.1 Å². The van der Waals surface area contributed by atoms with E-state index >= 15 is 0 Å². The van der Waals surface area contributed by atoms with Gasteiger partial charge in [-0.1, -0.05) is 6.92 Å². The molecule has 0 bridgehead atoms. The smallest absolute Gasteiger partial charge is 0.337 e. The second kappa shape index (κ2) is 8.58. The van der Waals surface area contributed by atoms with Crippen LogP contribution in [0.3, 0.4) is 0 Å². The Morgan fingerprint density at radius 2 is 1.97 bits per heavy atom. The van der Waals surface area contributed by atoms with Gasteiger partial charge in [-0.25, -0.2) is 32.9 Å². The van der Waals surface area contributed by atoms with Crippen LogP contribution in [0.15, 0.2) is 47.5 Å². The van der Waals surface area contributed by atoms with Crippen molar-refractivity contribution >= 4 is 18.2 Å². The summed E-state index contributed by atoms with van der Waals surface area (Å²) in [6.45, 7) is 3.35. The van der Waals surface area contributed by atoms with Crippen molar-refractivity contribution in [3.63, 3.8) is 0 Å². The normalized spacial score (nSPS) is 24.9. The van der Waals surface area contributed by atoms with Crippen molar-refractivity contribution in [2.45, 2.75) is 25.8 Å². The molecule has 1 N–H and O–H groups in total. The molecule has 178 valence electrons. The third kappa shape index (κ3) is 4.03. The number of carbonyl (C=O) groups is 1. The molecule has 1 saturated heterocycles. The van der Waals surface area contributed by atoms with Gasteiger partial charge >= 0.3 is 6.03 Å². The molecule has 1 unspecified atom stereocenters. The summed E-state index contributed by atoms with van der Waals surface area (Å²) in [6.07, 6.45) is 8.43. The van der Waals surface area contributed by atoms with Gasteiger partial charge in [-0.05, 0) is 6.08 Å². The van der Waals surface area contributed by atoms with E-state index in [9.17, 15) is 18.0 Å². The number of nitrogens with zero attached hydrogens (tertiary/aromatic N) is 7. The van der Waals surface area contributed by atoms with E-state index < -0.39 is 28.9 Å². The second-order valence-electron chi connectivity index (χ2n) is 8.81. The number of anilines is 1. The summed E-state index contributed by atoms with van der Waals surface area (Å²) < 4.78 is 42.1. The summed E-state index contributed by atoms with van der Waals surface area (Å²) in [4.78, 5) is 25.2. The van der Waals surface area contributed by atoms with Gasteiger partial charge in [0.15, 0.2) is 5.82 Å². The van der Waals surface area contributed by atoms with E-state index in [4.69, 9.17) is 0 Å². The third-order valence-electron chi connectivity index (χ3n) is 6.44. The first-order valence-electron chi connectivity index (χ1n) is 11.0. The van der Waals surface area contributed by atoms with Crippen molar-refractivity contribution < 1.29 is 18.0 Å². The van der Waals surface area contributed by atoms with Crippen LogP contribution in [0, 0.1) is 11.2 Å². The quantitative estimate of drug-likeness (QED) is 0.739. The molecule has 0 spiro atoms. The molecule has 5 rings (SSSR count). The fraction of sp³-hybridized carbons (Fsp3) is 0.409. The molecule has 2 aromatic heterocycles. The lowest BCUT2D eigenvalue weighted by atomic mass is 9.75. The first-order chi connectivity index (χ1) is 16.3. The maximum Gasteiger partial charge on any atom is 0.340 e. The van der Waals surface area contributed by atoms with Crippen LogP contribution in [0.2, 0.25) is 0 Å². The molecular weight excluding hydrogens is 449 g/mol. The van der Waals surface area contributed by atoms with Gasteiger partial charge in [0.1, 0.15) is 17.3 Å². The summed E-state index contributed by atoms with van der Waals surface area (Å²) in [7, 11) is 0. The first-order valence-corrected chi connectivity index (χ1v) is 11.0. The zero-order valence-electron chi connectivity index (χ0n) is 18.5. The first kappa shape index (κ1) is 22.1. The Labute approximate surface area is 193 Å². The van der Waals surface area contributed by atoms with Gasteiger partial charge in [0.2, 0.25) is 5.95 Å². The SMILES string of the molecule is CC1([C@@H]2CC=NN2C(=O)N2CCN(c3ncc(F)c(-c4cn[nH]c4)n3)CC2)C=C(F)C=C(F)C1. The standard InChI is InChI=1S/C22H23F3N8O/c1-22(9-15(23)8-16(24)10-22)18-2-3-29-33(18)21(34)32-6-4-31(5-7-32)20-26-13-17(25)19(30-20)14-11-27-28-12-14/h3,8-9,11-13,18H,2,4-7,10H2,1H3,(H,27,28)/t18-,22?/m0/s1. The minimum Gasteiger partial charge on any atom is -0.337 e. The third-order valence-corrected chi connectivity index (χ3v) is 6.44. The Kier molecular flexibility index (Phi) is 5.58. The lowest BCUT2D eigenvalue weighted by Crippen LogP contribution is -2.55. The number of nitrogens with one attached hydrogen (secondary N) is 1. The van der Waals surface area contributed by atoms with E-state index in [0.717, 1.165) is 12.3 Å². The van der Waals surface area contributed by atoms with Gasteiger partial charge in [-0.2, -0.15) is 10.2 Å². The van der Waals surface area contributed by atoms with Crippen molar-refractivity contribution in [2.24, 2.45) is 10.5 Å². The number of hydrogen-bond acceptors (Lipinski definition) is 6. The van der Waals surface area contributed by atoms with Crippen LogP contribution in [0.25, 0.3) is 11.3 Å². The molecule has 12 heteroatoms. The van der Waals surface area contributed by atoms with E-state index in [-0.39, 0.29) is 18.1 Å². The van der Waals surface area contributed by atoms with Crippen LogP contribution in [0.1, 0.15) is 19.8 Å². The monoisotopic (exact) mass is 472 g/mol. The van der Waals surface area contributed by atoms with Crippen molar-refractivity contribution in [1.82, 2.24) is 30.1 Å². The zero-order chi connectivity index (χ0) is 23.9. The van der Waals surface area contributed by atoms with Gasteiger partial charge in [-0.15, -0.1) is 0 Å². The fourth-order valence-electron chi connectivity index (χ4n) is 4.67. The Morgan fingerprint density at radius 3 is 2.68 bits per heavy atom. The number of allylic oxidation sites excluding steroid dienone is 3. The van der Waals surface area contributed by atoms with Crippen LogP contribution >= 0.6 is 0 Å². The van der Waals surface area contributed by atoms with Crippen LogP contribution in [-0.4, -0.2) is 74.5 Å². The van der Waals surface area contributed by atoms with E-state index in [1.165, 1.54) is 17.3 Å². The average Bonchev–Trinajstić information content (AvgIpc) is 3.51. The molecule has 2 atom stereocenters. The Morgan fingerprint density at radius 1 is 1.18 bits per heavy atom. The summed E-state index contributed by atoms with van der Waals surface area (Å²) in [5.74, 6) is -1.39. The molecule has 1 fully saturated rings. The molecule has 2 aliphatic heterocycles. The number of rotatable bonds is 3. The predicted octanol–water partition coefficient (Wildman–Crippen LogP) is 3.42. The number of aromatic amines is 1. The van der Waals surface area contributed by atoms with Crippen molar-refractivity contribution in [3.8, 4) is 11.3 Å². The summed E-state index contributed by atoms with van der Waals surface area (Å²) in [6, 6.07) is -0.802.